The summed E-state index contributed by atoms with van der Waals surface area (Å²) in [6.07, 6.45) is -0.107. The van der Waals surface area contributed by atoms with E-state index in [9.17, 15) is 13.2 Å². The van der Waals surface area contributed by atoms with Crippen LogP contribution in [-0.2, 0) is 12.7 Å². The summed E-state index contributed by atoms with van der Waals surface area (Å²) in [6, 6.07) is 0. The molecule has 0 atom stereocenters. The fourth-order valence-corrected chi connectivity index (χ4v) is 2.05. The second-order valence-electron chi connectivity index (χ2n) is 4.68. The highest BCUT2D eigenvalue weighted by atomic mass is 127. The number of rotatable bonds is 2. The first-order valence-corrected chi connectivity index (χ1v) is 6.50. The average molecular weight is 418 g/mol. The molecule has 0 aliphatic carbocycles. The molecule has 2 rings (SSSR count). The summed E-state index contributed by atoms with van der Waals surface area (Å²) in [5.41, 5.74) is 5.85. The Hall–Kier alpha value is -1.07. The molecule has 1 aliphatic heterocycles. The average Bonchev–Trinajstić information content (AvgIpc) is 2.70. The Morgan fingerprint density at radius 1 is 1.24 bits per heavy atom. The summed E-state index contributed by atoms with van der Waals surface area (Å²) in [7, 11) is 0. The van der Waals surface area contributed by atoms with Crippen molar-refractivity contribution in [3.63, 3.8) is 0 Å². The SMILES string of the molecule is I.NC(=NCc1nc(C(F)(F)F)n[nH]1)N1CCCCCC1. The van der Waals surface area contributed by atoms with E-state index >= 15 is 0 Å². The molecule has 2 heterocycles. The molecule has 1 aliphatic rings. The monoisotopic (exact) mass is 418 g/mol. The van der Waals surface area contributed by atoms with E-state index in [1.54, 1.807) is 0 Å². The number of aromatic nitrogens is 3. The number of nitrogens with one attached hydrogen (secondary N) is 1. The van der Waals surface area contributed by atoms with Crippen LogP contribution in [0, 0.1) is 0 Å². The van der Waals surface area contributed by atoms with E-state index in [0.29, 0.717) is 5.96 Å². The summed E-state index contributed by atoms with van der Waals surface area (Å²) in [4.78, 5) is 9.37. The summed E-state index contributed by atoms with van der Waals surface area (Å²) in [6.45, 7) is 1.63. The van der Waals surface area contributed by atoms with E-state index in [1.165, 1.54) is 12.8 Å². The predicted octanol–water partition coefficient (Wildman–Crippen LogP) is 2.13. The number of nitrogens with zero attached hydrogens (tertiary/aromatic N) is 4. The van der Waals surface area contributed by atoms with Crippen LogP contribution in [0.5, 0.6) is 0 Å². The molecule has 0 radical (unpaired) electrons. The zero-order valence-electron chi connectivity index (χ0n) is 11.4. The van der Waals surface area contributed by atoms with Crippen LogP contribution >= 0.6 is 24.0 Å². The Bertz CT molecular complexity index is 465. The van der Waals surface area contributed by atoms with Crippen LogP contribution in [0.3, 0.4) is 0 Å². The van der Waals surface area contributed by atoms with Gasteiger partial charge in [0.05, 0.1) is 0 Å². The summed E-state index contributed by atoms with van der Waals surface area (Å²) in [5.74, 6) is -0.789. The number of nitrogens with two attached hydrogens (primary N) is 1. The molecular weight excluding hydrogens is 400 g/mol. The van der Waals surface area contributed by atoms with E-state index in [2.05, 4.69) is 20.2 Å². The number of hydrogen-bond acceptors (Lipinski definition) is 3. The first-order valence-electron chi connectivity index (χ1n) is 6.50. The molecule has 1 aromatic heterocycles. The van der Waals surface area contributed by atoms with Gasteiger partial charge < -0.3 is 10.6 Å². The van der Waals surface area contributed by atoms with Gasteiger partial charge >= 0.3 is 6.18 Å². The molecule has 0 unspecified atom stereocenters. The highest BCUT2D eigenvalue weighted by Gasteiger charge is 2.35. The second-order valence-corrected chi connectivity index (χ2v) is 4.68. The third-order valence-electron chi connectivity index (χ3n) is 3.11. The maximum absolute atomic E-state index is 12.3. The minimum Gasteiger partial charge on any atom is -0.370 e. The van der Waals surface area contributed by atoms with Gasteiger partial charge in [-0.25, -0.2) is 9.98 Å². The third-order valence-corrected chi connectivity index (χ3v) is 3.11. The number of aromatic amines is 1. The molecular formula is C11H18F3IN6. The maximum Gasteiger partial charge on any atom is 0.453 e. The lowest BCUT2D eigenvalue weighted by molar-refractivity contribution is -0.144. The van der Waals surface area contributed by atoms with E-state index in [-0.39, 0.29) is 36.3 Å². The molecule has 21 heavy (non-hydrogen) atoms. The Labute approximate surface area is 137 Å². The van der Waals surface area contributed by atoms with Gasteiger partial charge in [0, 0.05) is 13.1 Å². The lowest BCUT2D eigenvalue weighted by atomic mass is 10.2. The highest BCUT2D eigenvalue weighted by Crippen LogP contribution is 2.25. The van der Waals surface area contributed by atoms with Gasteiger partial charge in [-0.3, -0.25) is 5.10 Å². The minimum absolute atomic E-state index is 0. The van der Waals surface area contributed by atoms with Crippen LogP contribution in [-0.4, -0.2) is 39.1 Å². The molecule has 0 aromatic carbocycles. The van der Waals surface area contributed by atoms with Crippen LogP contribution in [0.2, 0.25) is 0 Å². The summed E-state index contributed by atoms with van der Waals surface area (Å²) in [5, 5.41) is 5.33. The number of guanidine groups is 1. The van der Waals surface area contributed by atoms with Crippen LogP contribution in [0.25, 0.3) is 0 Å². The molecule has 1 saturated heterocycles. The Balaban J connectivity index is 0.00000220. The number of alkyl halides is 3. The number of likely N-dealkylation sites (tertiary alicyclic amines) is 1. The molecule has 0 amide bonds. The fraction of sp³-hybridized carbons (Fsp3) is 0.727. The van der Waals surface area contributed by atoms with E-state index in [1.807, 2.05) is 4.90 Å². The van der Waals surface area contributed by atoms with E-state index in [4.69, 9.17) is 5.73 Å². The van der Waals surface area contributed by atoms with Crippen molar-refractivity contribution >= 4 is 29.9 Å². The number of H-pyrrole nitrogens is 1. The smallest absolute Gasteiger partial charge is 0.370 e. The highest BCUT2D eigenvalue weighted by molar-refractivity contribution is 14.0. The van der Waals surface area contributed by atoms with Crippen LogP contribution < -0.4 is 5.73 Å². The van der Waals surface area contributed by atoms with Gasteiger partial charge in [0.2, 0.25) is 0 Å². The molecule has 1 fully saturated rings. The number of halogens is 4. The second kappa shape index (κ2) is 7.80. The van der Waals surface area contributed by atoms with Gasteiger partial charge in [-0.15, -0.1) is 29.1 Å². The van der Waals surface area contributed by atoms with E-state index in [0.717, 1.165) is 25.9 Å². The van der Waals surface area contributed by atoms with Gasteiger partial charge in [0.1, 0.15) is 12.4 Å². The fourth-order valence-electron chi connectivity index (χ4n) is 2.05. The van der Waals surface area contributed by atoms with Crippen molar-refractivity contribution in [2.75, 3.05) is 13.1 Å². The summed E-state index contributed by atoms with van der Waals surface area (Å²) >= 11 is 0. The molecule has 1 aromatic rings. The van der Waals surface area contributed by atoms with Crippen molar-refractivity contribution in [1.82, 2.24) is 20.1 Å². The topological polar surface area (TPSA) is 83.2 Å². The van der Waals surface area contributed by atoms with Gasteiger partial charge in [0.25, 0.3) is 5.82 Å². The van der Waals surface area contributed by atoms with Crippen molar-refractivity contribution in [2.45, 2.75) is 38.4 Å². The number of hydrogen-bond donors (Lipinski definition) is 2. The molecule has 3 N–H and O–H groups in total. The third kappa shape index (κ3) is 5.32. The predicted molar refractivity (Wildman–Crippen MR) is 82.2 cm³/mol. The molecule has 0 spiro atoms. The van der Waals surface area contributed by atoms with Gasteiger partial charge in [-0.2, -0.15) is 13.2 Å². The van der Waals surface area contributed by atoms with Crippen molar-refractivity contribution in [2.24, 2.45) is 10.7 Å². The van der Waals surface area contributed by atoms with Gasteiger partial charge in [-0.1, -0.05) is 12.8 Å². The molecule has 0 bridgehead atoms. The first-order chi connectivity index (χ1) is 9.47. The Morgan fingerprint density at radius 3 is 2.38 bits per heavy atom. The Kier molecular flexibility index (Phi) is 6.68. The van der Waals surface area contributed by atoms with E-state index < -0.39 is 12.0 Å². The molecule has 10 heteroatoms. The first kappa shape index (κ1) is 18.0. The van der Waals surface area contributed by atoms with Crippen LogP contribution in [0.15, 0.2) is 4.99 Å². The molecule has 0 saturated carbocycles. The van der Waals surface area contributed by atoms with Crippen molar-refractivity contribution in [3.8, 4) is 0 Å². The molecule has 6 nitrogen and oxygen atoms in total. The lowest BCUT2D eigenvalue weighted by Crippen LogP contribution is -2.38. The summed E-state index contributed by atoms with van der Waals surface area (Å²) < 4.78 is 37.0. The zero-order chi connectivity index (χ0) is 14.6. The maximum atomic E-state index is 12.3. The molecule has 120 valence electrons. The van der Waals surface area contributed by atoms with Crippen molar-refractivity contribution in [1.29, 1.82) is 0 Å². The Morgan fingerprint density at radius 2 is 1.86 bits per heavy atom. The lowest BCUT2D eigenvalue weighted by Gasteiger charge is -2.20. The minimum atomic E-state index is -4.55. The largest absolute Gasteiger partial charge is 0.453 e. The van der Waals surface area contributed by atoms with Crippen molar-refractivity contribution < 1.29 is 13.2 Å². The van der Waals surface area contributed by atoms with Crippen LogP contribution in [0.4, 0.5) is 13.2 Å². The quantitative estimate of drug-likeness (QED) is 0.438. The van der Waals surface area contributed by atoms with Crippen molar-refractivity contribution in [3.05, 3.63) is 11.6 Å². The van der Waals surface area contributed by atoms with Crippen LogP contribution in [0.1, 0.15) is 37.3 Å². The normalized spacial score (nSPS) is 17.3. The van der Waals surface area contributed by atoms with Gasteiger partial charge in [0.15, 0.2) is 5.96 Å². The zero-order valence-corrected chi connectivity index (χ0v) is 13.7. The standard InChI is InChI=1S/C11H17F3N6.HI/c12-11(13,14)9-17-8(18-19-9)7-16-10(15)20-5-3-1-2-4-6-20;/h1-7H2,(H2,15,16)(H,17,18,19);1H. The van der Waals surface area contributed by atoms with Gasteiger partial charge in [-0.05, 0) is 12.8 Å². The number of aliphatic imine (C=N–C) groups is 1.